The van der Waals surface area contributed by atoms with Gasteiger partial charge in [-0.25, -0.2) is 0 Å². The van der Waals surface area contributed by atoms with Crippen molar-refractivity contribution in [1.29, 1.82) is 0 Å². The lowest BCUT2D eigenvalue weighted by Crippen LogP contribution is -2.59. The van der Waals surface area contributed by atoms with Gasteiger partial charge in [0, 0.05) is 14.9 Å². The monoisotopic (exact) mass is 377 g/mol. The molecule has 7 heteroatoms. The third kappa shape index (κ3) is 8.31. The highest BCUT2D eigenvalue weighted by Crippen LogP contribution is 2.22. The fourth-order valence-corrected chi connectivity index (χ4v) is 3.00. The van der Waals surface area contributed by atoms with Crippen molar-refractivity contribution in [1.82, 2.24) is 0 Å². The summed E-state index contributed by atoms with van der Waals surface area (Å²) in [5.74, 6) is -0.365. The summed E-state index contributed by atoms with van der Waals surface area (Å²) in [5, 5.41) is 29.4. The van der Waals surface area contributed by atoms with Crippen LogP contribution in [0.1, 0.15) is 72.5 Å². The highest BCUT2D eigenvalue weighted by molar-refractivity contribution is 5.69. The molecule has 1 rings (SSSR count). The Kier molecular flexibility index (Phi) is 11.1. The van der Waals surface area contributed by atoms with Crippen LogP contribution in [0, 0.1) is 0 Å². The summed E-state index contributed by atoms with van der Waals surface area (Å²) in [5.41, 5.74) is 0. The molecule has 0 amide bonds. The van der Waals surface area contributed by atoms with Crippen LogP contribution in [0.15, 0.2) is 0 Å². The van der Waals surface area contributed by atoms with Crippen LogP contribution < -0.4 is 0 Å². The molecule has 26 heavy (non-hydrogen) atoms. The van der Waals surface area contributed by atoms with Crippen LogP contribution in [0.25, 0.3) is 0 Å². The van der Waals surface area contributed by atoms with Gasteiger partial charge in [0.15, 0.2) is 6.29 Å². The van der Waals surface area contributed by atoms with Gasteiger partial charge in [-0.15, -0.1) is 0 Å². The maximum Gasteiger partial charge on any atom is 0.305 e. The number of ether oxygens (including phenoxy) is 3. The summed E-state index contributed by atoms with van der Waals surface area (Å²) in [7, 11) is 1.32. The number of aliphatic hydroxyl groups is 3. The van der Waals surface area contributed by atoms with Gasteiger partial charge in [-0.2, -0.15) is 0 Å². The smallest absolute Gasteiger partial charge is 0.305 e. The van der Waals surface area contributed by atoms with Crippen LogP contribution in [-0.4, -0.2) is 65.7 Å². The van der Waals surface area contributed by atoms with E-state index in [0.717, 1.165) is 38.5 Å². The van der Waals surface area contributed by atoms with Crippen molar-refractivity contribution in [3.63, 3.8) is 0 Å². The first-order valence-corrected chi connectivity index (χ1v) is 9.68. The molecule has 1 saturated heterocycles. The zero-order valence-corrected chi connectivity index (χ0v) is 15.8. The van der Waals surface area contributed by atoms with Crippen molar-refractivity contribution < 1.29 is 35.7 Å². The van der Waals surface area contributed by atoms with Crippen molar-refractivity contribution in [2.24, 2.45) is 0 Å². The Bertz CT molecular complexity index is 394. The minimum absolute atomic E-state index is 0.192. The molecule has 0 aromatic heterocycles. The van der Waals surface area contributed by atoms with Gasteiger partial charge in [-0.05, 0) is 6.42 Å². The van der Waals surface area contributed by atoms with Crippen molar-refractivity contribution in [3.8, 4) is 0 Å². The van der Waals surface area contributed by atoms with Gasteiger partial charge in [-0.3, -0.25) is 4.79 Å². The molecule has 1 unspecified atom stereocenters. The first-order valence-electron chi connectivity index (χ1n) is 10.4. The maximum absolute atomic E-state index is 11.8. The molecule has 0 aliphatic carbocycles. The number of carbonyl (C=O) groups is 1. The molecule has 5 atom stereocenters. The summed E-state index contributed by atoms with van der Waals surface area (Å²) >= 11 is 0. The molecule has 0 bridgehead atoms. The molecular weight excluding hydrogens is 340 g/mol. The standard InChI is InChI=1S/C19H36O7/c1-3-4-5-6-7-8-9-10-11-12-15(20)25-13-14-16(21)17(22)18(23)19(24-2)26-14/h14,16-19,21-23H,3-13H2,1-2H3/t14-,16-,17+,18-,19?/m1/s1/i1D. The third-order valence-electron chi connectivity index (χ3n) is 4.69. The molecule has 1 aliphatic heterocycles. The normalized spacial score (nSPS) is 29.4. The number of methoxy groups -OCH3 is 1. The van der Waals surface area contributed by atoms with Gasteiger partial charge in [-0.1, -0.05) is 58.3 Å². The molecule has 1 heterocycles. The van der Waals surface area contributed by atoms with Crippen molar-refractivity contribution in [2.75, 3.05) is 13.7 Å². The van der Waals surface area contributed by atoms with Crippen LogP contribution in [0.4, 0.5) is 0 Å². The van der Waals surface area contributed by atoms with Crippen LogP contribution in [0.2, 0.25) is 0 Å². The predicted octanol–water partition coefficient (Wildman–Crippen LogP) is 1.90. The first-order chi connectivity index (χ1) is 13.0. The van der Waals surface area contributed by atoms with Crippen molar-refractivity contribution >= 4 is 5.97 Å². The van der Waals surface area contributed by atoms with E-state index in [9.17, 15) is 20.1 Å². The number of unbranched alkanes of at least 4 members (excludes halogenated alkanes) is 8. The third-order valence-corrected chi connectivity index (χ3v) is 4.69. The minimum Gasteiger partial charge on any atom is -0.463 e. The van der Waals surface area contributed by atoms with Gasteiger partial charge in [0.25, 0.3) is 0 Å². The van der Waals surface area contributed by atoms with E-state index in [1.54, 1.807) is 0 Å². The van der Waals surface area contributed by atoms with E-state index in [4.69, 9.17) is 15.6 Å². The molecule has 1 aliphatic rings. The van der Waals surface area contributed by atoms with E-state index in [1.165, 1.54) is 26.4 Å². The molecule has 0 saturated carbocycles. The van der Waals surface area contributed by atoms with E-state index in [-0.39, 0.29) is 12.6 Å². The Labute approximate surface area is 158 Å². The maximum atomic E-state index is 11.8. The molecule has 1 fully saturated rings. The fraction of sp³-hybridized carbons (Fsp3) is 0.947. The SMILES string of the molecule is [2H]CCCCCCCCCCCC(=O)OC[C@H]1OC(OC)[C@H](O)[C@@H](O)[C@@H]1O. The number of esters is 1. The second-order valence-corrected chi connectivity index (χ2v) is 6.87. The average molecular weight is 377 g/mol. The van der Waals surface area contributed by atoms with Gasteiger partial charge in [0.2, 0.25) is 0 Å². The van der Waals surface area contributed by atoms with Gasteiger partial charge in [0.1, 0.15) is 31.0 Å². The largest absolute Gasteiger partial charge is 0.463 e. The predicted molar refractivity (Wildman–Crippen MR) is 96.5 cm³/mol. The van der Waals surface area contributed by atoms with Gasteiger partial charge in [0.05, 0.1) is 0 Å². The fourth-order valence-electron chi connectivity index (χ4n) is 3.00. The van der Waals surface area contributed by atoms with E-state index >= 15 is 0 Å². The zero-order valence-electron chi connectivity index (χ0n) is 16.8. The van der Waals surface area contributed by atoms with E-state index in [0.29, 0.717) is 13.3 Å². The van der Waals surface area contributed by atoms with Crippen LogP contribution in [-0.2, 0) is 19.0 Å². The number of hydrogen-bond acceptors (Lipinski definition) is 7. The lowest BCUT2D eigenvalue weighted by molar-refractivity contribution is -0.295. The summed E-state index contributed by atoms with van der Waals surface area (Å²) < 4.78 is 22.4. The number of carbonyl (C=O) groups excluding carboxylic acids is 1. The number of rotatable bonds is 13. The first kappa shape index (κ1) is 21.6. The van der Waals surface area contributed by atoms with E-state index in [2.05, 4.69) is 0 Å². The number of hydrogen-bond donors (Lipinski definition) is 3. The highest BCUT2D eigenvalue weighted by atomic mass is 16.7. The Morgan fingerprint density at radius 2 is 1.58 bits per heavy atom. The van der Waals surface area contributed by atoms with Gasteiger partial charge < -0.3 is 29.5 Å². The second kappa shape index (κ2) is 13.4. The highest BCUT2D eigenvalue weighted by Gasteiger charge is 2.44. The molecule has 0 aromatic rings. The Morgan fingerprint density at radius 1 is 0.962 bits per heavy atom. The summed E-state index contributed by atoms with van der Waals surface area (Å²) in [6, 6.07) is 0. The molecule has 3 N–H and O–H groups in total. The summed E-state index contributed by atoms with van der Waals surface area (Å²) in [6.07, 6.45) is 3.94. The van der Waals surface area contributed by atoms with Crippen molar-refractivity contribution in [2.45, 2.75) is 102 Å². The Hall–Kier alpha value is -0.730. The topological polar surface area (TPSA) is 105 Å². The quantitative estimate of drug-likeness (QED) is 0.332. The van der Waals surface area contributed by atoms with Crippen LogP contribution in [0.5, 0.6) is 0 Å². The lowest BCUT2D eigenvalue weighted by Gasteiger charge is -2.39. The summed E-state index contributed by atoms with van der Waals surface area (Å²) in [6.45, 7) is 0.333. The summed E-state index contributed by atoms with van der Waals surface area (Å²) in [4.78, 5) is 11.8. The average Bonchev–Trinajstić information content (AvgIpc) is 2.67. The molecule has 0 aromatic carbocycles. The van der Waals surface area contributed by atoms with E-state index in [1.807, 2.05) is 0 Å². The van der Waals surface area contributed by atoms with Crippen LogP contribution in [0.3, 0.4) is 0 Å². The van der Waals surface area contributed by atoms with E-state index < -0.39 is 30.7 Å². The zero-order chi connectivity index (χ0) is 20.1. The second-order valence-electron chi connectivity index (χ2n) is 6.87. The molecular formula is C19H36O7. The molecule has 0 spiro atoms. The Morgan fingerprint density at radius 3 is 2.19 bits per heavy atom. The molecule has 7 nitrogen and oxygen atoms in total. The molecule has 0 radical (unpaired) electrons. The lowest BCUT2D eigenvalue weighted by atomic mass is 9.99. The van der Waals surface area contributed by atoms with Crippen LogP contribution >= 0.6 is 0 Å². The van der Waals surface area contributed by atoms with Gasteiger partial charge >= 0.3 is 5.97 Å². The Balaban J connectivity index is 2.07. The minimum atomic E-state index is -1.42. The number of aliphatic hydroxyl groups excluding tert-OH is 3. The van der Waals surface area contributed by atoms with Crippen molar-refractivity contribution in [3.05, 3.63) is 0 Å². The molecule has 154 valence electrons.